The van der Waals surface area contributed by atoms with Crippen molar-refractivity contribution in [2.75, 3.05) is 6.26 Å². The fraction of sp³-hybridized carbons (Fsp3) is 0.333. The average molecular weight is 231 g/mol. The first kappa shape index (κ1) is 9.90. The summed E-state index contributed by atoms with van der Waals surface area (Å²) >= 11 is 1.65. The highest BCUT2D eigenvalue weighted by Crippen LogP contribution is 2.40. The lowest BCUT2D eigenvalue weighted by molar-refractivity contribution is 0.831. The molecule has 4 heteroatoms. The summed E-state index contributed by atoms with van der Waals surface area (Å²) in [6, 6.07) is 10.3. The van der Waals surface area contributed by atoms with E-state index in [4.69, 9.17) is 0 Å². The first-order valence-corrected chi connectivity index (χ1v) is 6.67. The zero-order valence-electron chi connectivity index (χ0n) is 9.13. The molecule has 0 atom stereocenters. The highest BCUT2D eigenvalue weighted by atomic mass is 32.2. The molecule has 0 unspecified atom stereocenters. The first-order chi connectivity index (χ1) is 7.90. The number of hydrogen-bond acceptors (Lipinski definition) is 3. The van der Waals surface area contributed by atoms with E-state index in [2.05, 4.69) is 39.0 Å². The highest BCUT2D eigenvalue weighted by molar-refractivity contribution is 7.98. The maximum Gasteiger partial charge on any atom is 0.195 e. The van der Waals surface area contributed by atoms with Crippen molar-refractivity contribution in [3.05, 3.63) is 36.2 Å². The standard InChI is InChI=1S/C12H13N3S/c1-16-12-14-13-11(9-7-8-9)15(12)10-5-3-2-4-6-10/h2-6,9H,7-8H2,1H3. The summed E-state index contributed by atoms with van der Waals surface area (Å²) < 4.78 is 2.18. The van der Waals surface area contributed by atoms with E-state index in [1.165, 1.54) is 18.5 Å². The molecule has 0 spiro atoms. The predicted molar refractivity (Wildman–Crippen MR) is 65.1 cm³/mol. The van der Waals surface area contributed by atoms with E-state index in [0.29, 0.717) is 5.92 Å². The van der Waals surface area contributed by atoms with E-state index in [9.17, 15) is 0 Å². The van der Waals surface area contributed by atoms with Crippen LogP contribution in [0.1, 0.15) is 24.6 Å². The van der Waals surface area contributed by atoms with Gasteiger partial charge in [-0.3, -0.25) is 4.57 Å². The molecule has 1 aromatic heterocycles. The van der Waals surface area contributed by atoms with Gasteiger partial charge in [-0.05, 0) is 31.2 Å². The van der Waals surface area contributed by atoms with E-state index in [-0.39, 0.29) is 0 Å². The van der Waals surface area contributed by atoms with Gasteiger partial charge in [-0.2, -0.15) is 0 Å². The van der Waals surface area contributed by atoms with Crippen molar-refractivity contribution in [1.29, 1.82) is 0 Å². The summed E-state index contributed by atoms with van der Waals surface area (Å²) in [4.78, 5) is 0. The topological polar surface area (TPSA) is 30.7 Å². The number of thioether (sulfide) groups is 1. The molecular formula is C12H13N3S. The fourth-order valence-electron chi connectivity index (χ4n) is 1.84. The van der Waals surface area contributed by atoms with Crippen molar-refractivity contribution in [3.8, 4) is 5.69 Å². The fourth-order valence-corrected chi connectivity index (χ4v) is 2.34. The second-order valence-electron chi connectivity index (χ2n) is 3.99. The summed E-state index contributed by atoms with van der Waals surface area (Å²) in [5.41, 5.74) is 1.17. The van der Waals surface area contributed by atoms with Crippen LogP contribution >= 0.6 is 11.8 Å². The Hall–Kier alpha value is -1.29. The maximum absolute atomic E-state index is 4.32. The maximum atomic E-state index is 4.32. The van der Waals surface area contributed by atoms with Gasteiger partial charge in [0.25, 0.3) is 0 Å². The summed E-state index contributed by atoms with van der Waals surface area (Å²) in [6.45, 7) is 0. The molecule has 3 nitrogen and oxygen atoms in total. The monoisotopic (exact) mass is 231 g/mol. The molecule has 0 bridgehead atoms. The van der Waals surface area contributed by atoms with Crippen LogP contribution in [0.15, 0.2) is 35.5 Å². The van der Waals surface area contributed by atoms with Gasteiger partial charge >= 0.3 is 0 Å². The van der Waals surface area contributed by atoms with E-state index < -0.39 is 0 Å². The molecule has 1 aromatic carbocycles. The molecule has 2 aromatic rings. The highest BCUT2D eigenvalue weighted by Gasteiger charge is 2.30. The third-order valence-corrected chi connectivity index (χ3v) is 3.43. The minimum atomic E-state index is 0.619. The van der Waals surface area contributed by atoms with Gasteiger partial charge < -0.3 is 0 Å². The number of aromatic nitrogens is 3. The van der Waals surface area contributed by atoms with Crippen molar-refractivity contribution in [2.24, 2.45) is 0 Å². The molecule has 0 N–H and O–H groups in total. The Labute approximate surface area is 98.9 Å². The second kappa shape index (κ2) is 3.94. The van der Waals surface area contributed by atoms with Crippen LogP contribution in [0.4, 0.5) is 0 Å². The number of benzene rings is 1. The second-order valence-corrected chi connectivity index (χ2v) is 4.76. The Morgan fingerprint density at radius 1 is 1.19 bits per heavy atom. The van der Waals surface area contributed by atoms with Gasteiger partial charge in [-0.25, -0.2) is 0 Å². The minimum absolute atomic E-state index is 0.619. The van der Waals surface area contributed by atoms with Gasteiger partial charge in [-0.15, -0.1) is 10.2 Å². The Morgan fingerprint density at radius 2 is 1.94 bits per heavy atom. The molecule has 0 radical (unpaired) electrons. The lowest BCUT2D eigenvalue weighted by Crippen LogP contribution is -2.00. The van der Waals surface area contributed by atoms with Crippen LogP contribution in [0.2, 0.25) is 0 Å². The molecule has 1 saturated carbocycles. The van der Waals surface area contributed by atoms with E-state index in [0.717, 1.165) is 11.0 Å². The van der Waals surface area contributed by atoms with E-state index in [1.54, 1.807) is 11.8 Å². The molecular weight excluding hydrogens is 218 g/mol. The molecule has 0 amide bonds. The Bertz CT molecular complexity index is 488. The molecule has 82 valence electrons. The quantitative estimate of drug-likeness (QED) is 0.761. The SMILES string of the molecule is CSc1nnc(C2CC2)n1-c1ccccc1. The third-order valence-electron chi connectivity index (χ3n) is 2.80. The molecule has 3 rings (SSSR count). The van der Waals surface area contributed by atoms with Gasteiger partial charge in [-0.1, -0.05) is 30.0 Å². The van der Waals surface area contributed by atoms with Crippen molar-refractivity contribution < 1.29 is 0 Å². The van der Waals surface area contributed by atoms with Crippen molar-refractivity contribution in [2.45, 2.75) is 23.9 Å². The molecule has 1 aliphatic rings. The number of rotatable bonds is 3. The minimum Gasteiger partial charge on any atom is -0.274 e. The molecule has 1 fully saturated rings. The van der Waals surface area contributed by atoms with Crippen LogP contribution in [0, 0.1) is 0 Å². The smallest absolute Gasteiger partial charge is 0.195 e. The molecule has 0 saturated heterocycles. The van der Waals surface area contributed by atoms with Crippen molar-refractivity contribution in [3.63, 3.8) is 0 Å². The molecule has 16 heavy (non-hydrogen) atoms. The lowest BCUT2D eigenvalue weighted by atomic mass is 10.3. The zero-order chi connectivity index (χ0) is 11.0. The molecule has 1 heterocycles. The van der Waals surface area contributed by atoms with E-state index >= 15 is 0 Å². The van der Waals surface area contributed by atoms with Crippen molar-refractivity contribution in [1.82, 2.24) is 14.8 Å². The van der Waals surface area contributed by atoms with Crippen LogP contribution in [0.5, 0.6) is 0 Å². The third kappa shape index (κ3) is 1.63. The summed E-state index contributed by atoms with van der Waals surface area (Å²) in [5, 5.41) is 9.55. The van der Waals surface area contributed by atoms with Gasteiger partial charge in [0.05, 0.1) is 0 Å². The van der Waals surface area contributed by atoms with Crippen LogP contribution < -0.4 is 0 Å². The number of para-hydroxylation sites is 1. The predicted octanol–water partition coefficient (Wildman–Crippen LogP) is 2.87. The zero-order valence-corrected chi connectivity index (χ0v) is 9.94. The summed E-state index contributed by atoms with van der Waals surface area (Å²) in [7, 11) is 0. The van der Waals surface area contributed by atoms with Gasteiger partial charge in [0.15, 0.2) is 5.16 Å². The summed E-state index contributed by atoms with van der Waals surface area (Å²) in [6.07, 6.45) is 4.54. The Morgan fingerprint density at radius 3 is 2.56 bits per heavy atom. The summed E-state index contributed by atoms with van der Waals surface area (Å²) in [5.74, 6) is 1.74. The molecule has 1 aliphatic carbocycles. The lowest BCUT2D eigenvalue weighted by Gasteiger charge is -2.07. The first-order valence-electron chi connectivity index (χ1n) is 5.45. The van der Waals surface area contributed by atoms with Crippen LogP contribution in [0.3, 0.4) is 0 Å². The van der Waals surface area contributed by atoms with Crippen LogP contribution in [0.25, 0.3) is 5.69 Å². The largest absolute Gasteiger partial charge is 0.274 e. The van der Waals surface area contributed by atoms with Gasteiger partial charge in [0, 0.05) is 11.6 Å². The Kier molecular flexibility index (Phi) is 2.44. The van der Waals surface area contributed by atoms with Crippen molar-refractivity contribution >= 4 is 11.8 Å². The van der Waals surface area contributed by atoms with E-state index in [1.807, 2.05) is 12.3 Å². The van der Waals surface area contributed by atoms with Crippen LogP contribution in [-0.4, -0.2) is 21.0 Å². The normalized spacial score (nSPS) is 15.3. The molecule has 0 aliphatic heterocycles. The Balaban J connectivity index is 2.13. The van der Waals surface area contributed by atoms with Crippen LogP contribution in [-0.2, 0) is 0 Å². The van der Waals surface area contributed by atoms with Gasteiger partial charge in [0.2, 0.25) is 0 Å². The number of hydrogen-bond donors (Lipinski definition) is 0. The number of nitrogens with zero attached hydrogens (tertiary/aromatic N) is 3. The average Bonchev–Trinajstić information content (AvgIpc) is 3.09. The van der Waals surface area contributed by atoms with Gasteiger partial charge in [0.1, 0.15) is 5.82 Å².